The maximum Gasteiger partial charge on any atom is 0.408 e. The van der Waals surface area contributed by atoms with Crippen molar-refractivity contribution in [2.75, 3.05) is 5.75 Å². The zero-order valence-corrected chi connectivity index (χ0v) is 24.9. The van der Waals surface area contributed by atoms with Crippen LogP contribution in [0.1, 0.15) is 31.9 Å². The van der Waals surface area contributed by atoms with Gasteiger partial charge in [-0.15, -0.1) is 0 Å². The third-order valence-electron chi connectivity index (χ3n) is 6.60. The number of aliphatic carboxylic acids is 1. The summed E-state index contributed by atoms with van der Waals surface area (Å²) >= 11 is 1.38. The zero-order valence-electron chi connectivity index (χ0n) is 24.1. The number of carbonyl (C=O) groups is 2. The number of hydrogen-bond donors (Lipinski definition) is 2. The van der Waals surface area contributed by atoms with Gasteiger partial charge >= 0.3 is 12.1 Å². The number of ether oxygens (including phenoxy) is 2. The molecule has 0 spiro atoms. The highest BCUT2D eigenvalue weighted by atomic mass is 32.2. The van der Waals surface area contributed by atoms with Gasteiger partial charge in [-0.05, 0) is 56.2 Å². The number of carbonyl (C=O) groups excluding carboxylic acids is 1. The molecule has 7 nitrogen and oxygen atoms in total. The number of thioether (sulfide) groups is 1. The second-order valence-electron chi connectivity index (χ2n) is 11.1. The molecule has 0 saturated carbocycles. The van der Waals surface area contributed by atoms with Gasteiger partial charge in [-0.1, -0.05) is 60.7 Å². The van der Waals surface area contributed by atoms with Gasteiger partial charge in [0.15, 0.2) is 0 Å². The van der Waals surface area contributed by atoms with Crippen LogP contribution < -0.4 is 10.1 Å². The molecular weight excluding hydrogens is 569 g/mol. The molecule has 1 atom stereocenters. The number of benzene rings is 4. The van der Waals surface area contributed by atoms with Crippen LogP contribution in [-0.4, -0.2) is 34.6 Å². The first kappa shape index (κ1) is 30.0. The lowest BCUT2D eigenvalue weighted by Crippen LogP contribution is -2.44. The summed E-state index contributed by atoms with van der Waals surface area (Å²) < 4.78 is 32.4. The molecule has 1 heterocycles. The van der Waals surface area contributed by atoms with Crippen LogP contribution in [-0.2, 0) is 21.9 Å². The van der Waals surface area contributed by atoms with Gasteiger partial charge in [0, 0.05) is 33.4 Å². The normalized spacial score (nSPS) is 12.3. The van der Waals surface area contributed by atoms with Crippen LogP contribution in [0, 0.1) is 5.82 Å². The number of alkyl carbamates (subject to hydrolysis) is 1. The van der Waals surface area contributed by atoms with E-state index in [4.69, 9.17) is 13.9 Å². The summed E-state index contributed by atoms with van der Waals surface area (Å²) in [5.74, 6) is -0.134. The Balaban J connectivity index is 1.16. The maximum absolute atomic E-state index is 15.3. The van der Waals surface area contributed by atoms with Crippen molar-refractivity contribution >= 4 is 45.8 Å². The summed E-state index contributed by atoms with van der Waals surface area (Å²) in [6, 6.07) is 24.9. The number of furan rings is 1. The highest BCUT2D eigenvalue weighted by Gasteiger charge is 2.24. The first-order chi connectivity index (χ1) is 20.6. The third-order valence-corrected chi connectivity index (χ3v) is 7.71. The number of hydrogen-bond acceptors (Lipinski definition) is 6. The van der Waals surface area contributed by atoms with Gasteiger partial charge in [-0.2, -0.15) is 11.8 Å². The first-order valence-electron chi connectivity index (χ1n) is 13.8. The number of nitrogens with one attached hydrogen (secondary N) is 1. The predicted octanol–water partition coefficient (Wildman–Crippen LogP) is 8.18. The highest BCUT2D eigenvalue weighted by Crippen LogP contribution is 2.36. The van der Waals surface area contributed by atoms with E-state index >= 15 is 4.39 Å². The molecule has 1 unspecified atom stereocenters. The van der Waals surface area contributed by atoms with Gasteiger partial charge in [0.05, 0.1) is 0 Å². The molecule has 43 heavy (non-hydrogen) atoms. The highest BCUT2D eigenvalue weighted by molar-refractivity contribution is 7.98. The molecule has 5 aromatic rings. The minimum absolute atomic E-state index is 0.180. The smallest absolute Gasteiger partial charge is 0.408 e. The van der Waals surface area contributed by atoms with E-state index in [1.165, 1.54) is 17.8 Å². The van der Waals surface area contributed by atoms with E-state index in [9.17, 15) is 14.7 Å². The molecule has 0 aliphatic rings. The summed E-state index contributed by atoms with van der Waals surface area (Å²) in [5, 5.41) is 13.8. The molecule has 9 heteroatoms. The summed E-state index contributed by atoms with van der Waals surface area (Å²) in [6.45, 7) is 5.33. The van der Waals surface area contributed by atoms with E-state index in [0.29, 0.717) is 33.8 Å². The van der Waals surface area contributed by atoms with Crippen molar-refractivity contribution in [2.45, 2.75) is 44.8 Å². The lowest BCUT2D eigenvalue weighted by Gasteiger charge is -2.21. The Morgan fingerprint density at radius 3 is 2.37 bits per heavy atom. The second kappa shape index (κ2) is 12.8. The second-order valence-corrected chi connectivity index (χ2v) is 12.1. The molecule has 0 radical (unpaired) electrons. The van der Waals surface area contributed by atoms with Crippen molar-refractivity contribution in [2.24, 2.45) is 0 Å². The predicted molar refractivity (Wildman–Crippen MR) is 167 cm³/mol. The average molecular weight is 602 g/mol. The number of carboxylic acid groups (broad SMARTS) is 1. The largest absolute Gasteiger partial charge is 0.489 e. The average Bonchev–Trinajstić information content (AvgIpc) is 3.34. The Labute approximate surface area is 253 Å². The standard InChI is InChI=1S/C34H32FNO6S/c1-34(2,3)42-33(39)36-29(32(37)38)20-43-19-21-11-14-23(15-12-21)40-18-22-13-16-24(28(35)17-22)26-8-6-9-27-25-7-4-5-10-30(25)41-31(26)27/h4-17,29H,18-20H2,1-3H3,(H,36,39)(H,37,38). The van der Waals surface area contributed by atoms with Crippen molar-refractivity contribution in [1.29, 1.82) is 0 Å². The third kappa shape index (κ3) is 7.48. The van der Waals surface area contributed by atoms with Crippen molar-refractivity contribution in [3.8, 4) is 16.9 Å². The Morgan fingerprint density at radius 1 is 0.930 bits per heavy atom. The first-order valence-corrected chi connectivity index (χ1v) is 14.9. The topological polar surface area (TPSA) is 98.0 Å². The maximum atomic E-state index is 15.3. The zero-order chi connectivity index (χ0) is 30.6. The fourth-order valence-electron chi connectivity index (χ4n) is 4.59. The van der Waals surface area contributed by atoms with Gasteiger partial charge in [-0.25, -0.2) is 14.0 Å². The van der Waals surface area contributed by atoms with Crippen molar-refractivity contribution < 1.29 is 33.0 Å². The Morgan fingerprint density at radius 2 is 1.65 bits per heavy atom. The lowest BCUT2D eigenvalue weighted by atomic mass is 10.0. The minimum atomic E-state index is -1.13. The Kier molecular flexibility index (Phi) is 8.92. The molecule has 2 N–H and O–H groups in total. The minimum Gasteiger partial charge on any atom is -0.489 e. The van der Waals surface area contributed by atoms with Crippen LogP contribution in [0.2, 0.25) is 0 Å². The molecule has 0 aliphatic carbocycles. The fraction of sp³-hybridized carbons (Fsp3) is 0.235. The molecule has 0 aliphatic heterocycles. The molecule has 0 bridgehead atoms. The van der Waals surface area contributed by atoms with Gasteiger partial charge in [0.25, 0.3) is 0 Å². The number of fused-ring (bicyclic) bond motifs is 3. The number of halogens is 1. The van der Waals surface area contributed by atoms with E-state index in [-0.39, 0.29) is 18.2 Å². The number of rotatable bonds is 10. The molecule has 0 saturated heterocycles. The van der Waals surface area contributed by atoms with Crippen LogP contribution in [0.25, 0.3) is 33.1 Å². The number of amides is 1. The van der Waals surface area contributed by atoms with E-state index < -0.39 is 23.7 Å². The summed E-state index contributed by atoms with van der Waals surface area (Å²) in [5.41, 5.74) is 3.52. The monoisotopic (exact) mass is 601 g/mol. The van der Waals surface area contributed by atoms with Crippen molar-refractivity contribution in [3.05, 3.63) is 102 Å². The molecule has 1 amide bonds. The quantitative estimate of drug-likeness (QED) is 0.167. The molecule has 5 rings (SSSR count). The summed E-state index contributed by atoms with van der Waals surface area (Å²) in [7, 11) is 0. The van der Waals surface area contributed by atoms with Crippen molar-refractivity contribution in [1.82, 2.24) is 5.32 Å². The van der Waals surface area contributed by atoms with E-state index in [2.05, 4.69) is 5.32 Å². The molecule has 222 valence electrons. The Hall–Kier alpha value is -4.50. The number of para-hydroxylation sites is 2. The number of carboxylic acids is 1. The lowest BCUT2D eigenvalue weighted by molar-refractivity contribution is -0.138. The van der Waals surface area contributed by atoms with E-state index in [0.717, 1.165) is 21.9 Å². The summed E-state index contributed by atoms with van der Waals surface area (Å²) in [6.07, 6.45) is -0.764. The van der Waals surface area contributed by atoms with Crippen LogP contribution in [0.3, 0.4) is 0 Å². The van der Waals surface area contributed by atoms with Gasteiger partial charge in [0.2, 0.25) is 0 Å². The summed E-state index contributed by atoms with van der Waals surface area (Å²) in [4.78, 5) is 23.5. The molecule has 4 aromatic carbocycles. The van der Waals surface area contributed by atoms with Crippen LogP contribution >= 0.6 is 11.8 Å². The molecular formula is C34H32FNO6S. The van der Waals surface area contributed by atoms with E-state index in [1.54, 1.807) is 26.8 Å². The van der Waals surface area contributed by atoms with Gasteiger partial charge < -0.3 is 24.3 Å². The SMILES string of the molecule is CC(C)(C)OC(=O)NC(CSCc1ccc(OCc2ccc(-c3cccc4c3oc3ccccc34)c(F)c2)cc1)C(=O)O. The van der Waals surface area contributed by atoms with Gasteiger partial charge in [0.1, 0.15) is 41.0 Å². The molecule has 1 aromatic heterocycles. The van der Waals surface area contributed by atoms with Crippen molar-refractivity contribution in [3.63, 3.8) is 0 Å². The van der Waals surface area contributed by atoms with E-state index in [1.807, 2.05) is 72.8 Å². The fourth-order valence-corrected chi connectivity index (χ4v) is 5.60. The van der Waals surface area contributed by atoms with Crippen LogP contribution in [0.4, 0.5) is 9.18 Å². The van der Waals surface area contributed by atoms with Gasteiger partial charge in [-0.3, -0.25) is 0 Å². The van der Waals surface area contributed by atoms with Crippen LogP contribution in [0.15, 0.2) is 89.3 Å². The van der Waals surface area contributed by atoms with Crippen LogP contribution in [0.5, 0.6) is 5.75 Å². The Bertz CT molecular complexity index is 1760. The molecule has 0 fully saturated rings.